The molecule has 0 radical (unpaired) electrons. The molecule has 9 atom stereocenters. The summed E-state index contributed by atoms with van der Waals surface area (Å²) in [6, 6.07) is 4.00. The first-order chi connectivity index (χ1) is 37.3. The molecule has 0 spiro atoms. The number of phenolic OH excluding ortho intramolecular Hbond substituents is 3. The van der Waals surface area contributed by atoms with Crippen molar-refractivity contribution in [3.63, 3.8) is 0 Å². The minimum absolute atomic E-state index is 0.00192. The van der Waals surface area contributed by atoms with E-state index >= 15 is 0 Å². The molecule has 8 amide bonds. The van der Waals surface area contributed by atoms with Crippen LogP contribution in [0.2, 0.25) is 0 Å². The molecule has 0 saturated carbocycles. The van der Waals surface area contributed by atoms with Gasteiger partial charge in [0.25, 0.3) is 0 Å². The Morgan fingerprint density at radius 2 is 0.848 bits per heavy atom. The first-order valence-electron chi connectivity index (χ1n) is 25.5. The number of benzene rings is 3. The van der Waals surface area contributed by atoms with Crippen molar-refractivity contribution in [1.29, 1.82) is 0 Å². The van der Waals surface area contributed by atoms with Crippen molar-refractivity contribution in [3.05, 3.63) is 89.5 Å². The van der Waals surface area contributed by atoms with Crippen LogP contribution in [0.15, 0.2) is 72.8 Å². The number of phenols is 3. The Bertz CT molecular complexity index is 2720. The van der Waals surface area contributed by atoms with Gasteiger partial charge in [0.2, 0.25) is 47.3 Å². The fraction of sp³-hybridized carbons (Fsp3) is 0.453. The van der Waals surface area contributed by atoms with Gasteiger partial charge in [0.05, 0.1) is 18.9 Å². The van der Waals surface area contributed by atoms with Gasteiger partial charge in [0.15, 0.2) is 0 Å². The van der Waals surface area contributed by atoms with Gasteiger partial charge in [-0.3, -0.25) is 52.7 Å². The van der Waals surface area contributed by atoms with E-state index in [4.69, 9.17) is 5.73 Å². The zero-order chi connectivity index (χ0) is 58.2. The number of nitrogens with one attached hydrogen (secondary N) is 6. The van der Waals surface area contributed by atoms with Crippen LogP contribution in [0, 0.1) is 5.92 Å². The number of nitrogens with two attached hydrogens (primary N) is 1. The predicted octanol–water partition coefficient (Wildman–Crippen LogP) is -1.24. The van der Waals surface area contributed by atoms with Gasteiger partial charge in [0.1, 0.15) is 65.6 Å². The van der Waals surface area contributed by atoms with Crippen LogP contribution in [-0.2, 0) is 72.0 Å². The molecule has 14 N–H and O–H groups in total. The number of aromatic hydroxyl groups is 3. The molecule has 26 heteroatoms. The van der Waals surface area contributed by atoms with Crippen LogP contribution in [0.5, 0.6) is 17.2 Å². The summed E-state index contributed by atoms with van der Waals surface area (Å²) in [4.78, 5) is 150. The summed E-state index contributed by atoms with van der Waals surface area (Å²) in [6.45, 7) is 4.34. The minimum atomic E-state index is -1.87. The Hall–Kier alpha value is -8.81. The lowest BCUT2D eigenvalue weighted by molar-refractivity contribution is -0.145. The van der Waals surface area contributed by atoms with E-state index in [0.29, 0.717) is 23.1 Å². The summed E-state index contributed by atoms with van der Waals surface area (Å²) < 4.78 is 0. The topological polar surface area (TPSA) is 414 Å². The van der Waals surface area contributed by atoms with Crippen molar-refractivity contribution >= 4 is 65.2 Å². The van der Waals surface area contributed by atoms with E-state index in [0.717, 1.165) is 4.90 Å². The van der Waals surface area contributed by atoms with Gasteiger partial charge in [-0.2, -0.15) is 0 Å². The number of nitrogens with zero attached hydrogens (tertiary/aromatic N) is 2. The summed E-state index contributed by atoms with van der Waals surface area (Å²) in [5.74, 6) is -12.9. The number of hydrogen-bond acceptors (Lipinski definition) is 15. The number of aliphatic carboxylic acids is 3. The highest BCUT2D eigenvalue weighted by Crippen LogP contribution is 2.23. The van der Waals surface area contributed by atoms with Crippen molar-refractivity contribution in [2.24, 2.45) is 11.7 Å². The van der Waals surface area contributed by atoms with Crippen molar-refractivity contribution in [1.82, 2.24) is 41.7 Å². The Kier molecular flexibility index (Phi) is 21.6. The van der Waals surface area contributed by atoms with Crippen molar-refractivity contribution in [2.75, 3.05) is 13.1 Å². The maximum atomic E-state index is 14.4. The zero-order valence-electron chi connectivity index (χ0n) is 43.6. The SMILES string of the molecule is CC(C)[C@H](NC(=O)[C@@H](CC(=O)O)NC(=O)[C@@H](Cc1ccc(O)cc1)NC(=O)[C@@H]1CCCN1C(=O)[C@H](N)Cc1ccc(O)cc1)C(=O)N1CCC[C@H]1C(=O)N[C@@H](CC(=O)O)C(=O)N[C@@H](Cc1ccc(O)cc1)C(=O)N[C@@H](C)C(=O)O. The number of carboxylic acids is 3. The quantitative estimate of drug-likeness (QED) is 0.0447. The van der Waals surface area contributed by atoms with Crippen molar-refractivity contribution in [3.8, 4) is 17.2 Å². The Morgan fingerprint density at radius 3 is 1.28 bits per heavy atom. The molecule has 2 heterocycles. The second-order valence-electron chi connectivity index (χ2n) is 19.8. The molecule has 2 aliphatic heterocycles. The predicted molar refractivity (Wildman–Crippen MR) is 277 cm³/mol. The molecule has 5 rings (SSSR count). The molecule has 2 saturated heterocycles. The molecule has 426 valence electrons. The standard InChI is InChI=1S/C53H67N9O17/c1-27(2)44(52(77)62-21-5-7-41(62)50(75)59-38(25-42(66)67)47(72)56-36(45(70)55-28(3)53(78)79)23-30-10-16-33(64)17-11-30)60-48(73)39(26-43(68)69)57-46(71)37(24-31-12-18-34(65)19-13-31)58-49(74)40-6-4-20-61(40)51(76)35(54)22-29-8-14-32(63)15-9-29/h8-19,27-28,35-41,44,63-65H,4-7,20-26,54H2,1-3H3,(H,55,70)(H,56,72)(H,57,71)(H,58,74)(H,59,75)(H,60,73)(H,66,67)(H,68,69)(H,78,79)/t28-,35+,36-,37+,38-,39+,40-,41-,44-/m0/s1. The summed E-state index contributed by atoms with van der Waals surface area (Å²) in [5.41, 5.74) is 7.76. The smallest absolute Gasteiger partial charge is 0.325 e. The van der Waals surface area contributed by atoms with E-state index in [1.54, 1.807) is 12.1 Å². The number of amides is 8. The molecule has 0 unspecified atom stereocenters. The van der Waals surface area contributed by atoms with Crippen LogP contribution in [0.25, 0.3) is 0 Å². The number of carbonyl (C=O) groups excluding carboxylic acids is 8. The molecule has 2 aliphatic rings. The summed E-state index contributed by atoms with van der Waals surface area (Å²) in [5, 5.41) is 72.9. The average molecular weight is 1100 g/mol. The number of rotatable bonds is 26. The fourth-order valence-electron chi connectivity index (χ4n) is 9.12. The third-order valence-corrected chi connectivity index (χ3v) is 13.4. The fourth-order valence-corrected chi connectivity index (χ4v) is 9.12. The largest absolute Gasteiger partial charge is 0.508 e. The number of carboxylic acid groups (broad SMARTS) is 3. The third kappa shape index (κ3) is 17.6. The highest BCUT2D eigenvalue weighted by atomic mass is 16.4. The molecular formula is C53H67N9O17. The highest BCUT2D eigenvalue weighted by Gasteiger charge is 2.42. The monoisotopic (exact) mass is 1100 g/mol. The second-order valence-corrected chi connectivity index (χ2v) is 19.8. The lowest BCUT2D eigenvalue weighted by atomic mass is 10.0. The molecule has 0 bridgehead atoms. The van der Waals surface area contributed by atoms with E-state index < -0.39 is 138 Å². The van der Waals surface area contributed by atoms with Gasteiger partial charge < -0.3 is 78.1 Å². The van der Waals surface area contributed by atoms with Gasteiger partial charge in [-0.15, -0.1) is 0 Å². The van der Waals surface area contributed by atoms with Crippen LogP contribution in [0.3, 0.4) is 0 Å². The summed E-state index contributed by atoms with van der Waals surface area (Å²) in [6.07, 6.45) is -1.61. The minimum Gasteiger partial charge on any atom is -0.508 e. The Labute approximate surface area is 453 Å². The number of likely N-dealkylation sites (tertiary alicyclic amines) is 2. The van der Waals surface area contributed by atoms with Crippen LogP contribution < -0.4 is 37.6 Å². The third-order valence-electron chi connectivity index (χ3n) is 13.4. The van der Waals surface area contributed by atoms with Gasteiger partial charge >= 0.3 is 17.9 Å². The van der Waals surface area contributed by atoms with Gasteiger partial charge in [-0.1, -0.05) is 50.2 Å². The Morgan fingerprint density at radius 1 is 0.494 bits per heavy atom. The molecule has 3 aromatic carbocycles. The second kappa shape index (κ2) is 28.0. The van der Waals surface area contributed by atoms with E-state index in [-0.39, 0.29) is 68.9 Å². The normalized spacial score (nSPS) is 17.6. The molecule has 0 aliphatic carbocycles. The van der Waals surface area contributed by atoms with Gasteiger partial charge in [-0.25, -0.2) is 0 Å². The van der Waals surface area contributed by atoms with Crippen molar-refractivity contribution in [2.45, 2.75) is 133 Å². The Balaban J connectivity index is 1.31. The molecule has 3 aromatic rings. The van der Waals surface area contributed by atoms with Crippen LogP contribution in [-0.4, -0.2) is 173 Å². The molecule has 0 aromatic heterocycles. The summed E-state index contributed by atoms with van der Waals surface area (Å²) in [7, 11) is 0. The molecule has 2 fully saturated rings. The first kappa shape index (κ1) is 61.0. The highest BCUT2D eigenvalue weighted by molar-refractivity contribution is 6.00. The van der Waals surface area contributed by atoms with E-state index in [1.807, 2.05) is 0 Å². The first-order valence-corrected chi connectivity index (χ1v) is 25.5. The van der Waals surface area contributed by atoms with Gasteiger partial charge in [-0.05, 0) is 98.0 Å². The van der Waals surface area contributed by atoms with E-state index in [2.05, 4.69) is 31.9 Å². The maximum absolute atomic E-state index is 14.4. The zero-order valence-corrected chi connectivity index (χ0v) is 43.6. The van der Waals surface area contributed by atoms with Crippen LogP contribution in [0.1, 0.15) is 76.0 Å². The number of carbonyl (C=O) groups is 11. The van der Waals surface area contributed by atoms with E-state index in [1.165, 1.54) is 86.3 Å². The van der Waals surface area contributed by atoms with Gasteiger partial charge in [0, 0.05) is 25.9 Å². The average Bonchev–Trinajstić information content (AvgIpc) is 4.15. The van der Waals surface area contributed by atoms with Crippen molar-refractivity contribution < 1.29 is 83.4 Å². The van der Waals surface area contributed by atoms with Crippen LogP contribution >= 0.6 is 0 Å². The lowest BCUT2D eigenvalue weighted by Gasteiger charge is -2.32. The number of hydrogen-bond donors (Lipinski definition) is 13. The molecule has 79 heavy (non-hydrogen) atoms. The lowest BCUT2D eigenvalue weighted by Crippen LogP contribution is -2.61. The molecular weight excluding hydrogens is 1030 g/mol. The van der Waals surface area contributed by atoms with E-state index in [9.17, 15) is 83.4 Å². The maximum Gasteiger partial charge on any atom is 0.325 e. The molecule has 26 nitrogen and oxygen atoms in total. The van der Waals surface area contributed by atoms with Crippen LogP contribution in [0.4, 0.5) is 0 Å². The summed E-state index contributed by atoms with van der Waals surface area (Å²) >= 11 is 0.